The smallest absolute Gasteiger partial charge is 0.183 e. The van der Waals surface area contributed by atoms with Crippen LogP contribution in [0.2, 0.25) is 0 Å². The molecule has 0 unspecified atom stereocenters. The zero-order valence-corrected chi connectivity index (χ0v) is 17.4. The third kappa shape index (κ3) is 2.28. The van der Waals surface area contributed by atoms with Gasteiger partial charge < -0.3 is 9.84 Å². The number of Topliss-reactive ketones (excluding diaryl/α,β-unsaturated/α-hetero) is 2. The summed E-state index contributed by atoms with van der Waals surface area (Å²) < 4.78 is 6.67. The molecule has 0 aromatic carbocycles. The van der Waals surface area contributed by atoms with E-state index in [-0.39, 0.29) is 34.4 Å². The Hall–Kier alpha value is -1.58. The molecule has 2 saturated carbocycles. The monoisotopic (exact) mass is 372 g/mol. The van der Waals surface area contributed by atoms with Gasteiger partial charge in [-0.2, -0.15) is 0 Å². The highest BCUT2D eigenvalue weighted by Crippen LogP contribution is 2.74. The summed E-state index contributed by atoms with van der Waals surface area (Å²) >= 11 is 0. The van der Waals surface area contributed by atoms with Gasteiger partial charge in [-0.25, -0.2) is 0 Å². The summed E-state index contributed by atoms with van der Waals surface area (Å²) in [6, 6.07) is 0. The molecule has 4 heteroatoms. The van der Waals surface area contributed by atoms with Crippen LogP contribution in [-0.2, 0) is 14.3 Å². The van der Waals surface area contributed by atoms with E-state index in [9.17, 15) is 14.7 Å². The van der Waals surface area contributed by atoms with Crippen molar-refractivity contribution in [3.63, 3.8) is 0 Å². The fourth-order valence-corrected chi connectivity index (χ4v) is 5.96. The lowest BCUT2D eigenvalue weighted by atomic mass is 9.70. The second kappa shape index (κ2) is 5.48. The maximum atomic E-state index is 13.2. The van der Waals surface area contributed by atoms with Crippen molar-refractivity contribution in [2.45, 2.75) is 79.2 Å². The van der Waals surface area contributed by atoms with Crippen molar-refractivity contribution in [2.75, 3.05) is 0 Å². The van der Waals surface area contributed by atoms with Crippen LogP contribution >= 0.6 is 0 Å². The number of ether oxygens (including phenoxy) is 1. The Bertz CT molecular complexity index is 797. The molecular formula is C23H32O4. The normalized spacial score (nSPS) is 37.0. The minimum absolute atomic E-state index is 0.0253. The van der Waals surface area contributed by atoms with Crippen molar-refractivity contribution in [3.8, 4) is 0 Å². The lowest BCUT2D eigenvalue weighted by Gasteiger charge is -2.45. The summed E-state index contributed by atoms with van der Waals surface area (Å²) in [7, 11) is 0. The topological polar surface area (TPSA) is 63.6 Å². The van der Waals surface area contributed by atoms with Crippen LogP contribution in [0.15, 0.2) is 22.7 Å². The first-order valence-corrected chi connectivity index (χ1v) is 10.4. The summed E-state index contributed by atoms with van der Waals surface area (Å²) in [5, 5.41) is 10.8. The van der Waals surface area contributed by atoms with E-state index in [1.807, 2.05) is 13.8 Å². The zero-order chi connectivity index (χ0) is 19.9. The van der Waals surface area contributed by atoms with Gasteiger partial charge >= 0.3 is 0 Å². The number of aliphatic hydroxyl groups excluding tert-OH is 1. The van der Waals surface area contributed by atoms with E-state index in [4.69, 9.17) is 4.74 Å². The van der Waals surface area contributed by atoms with E-state index in [0.29, 0.717) is 35.0 Å². The van der Waals surface area contributed by atoms with Gasteiger partial charge in [-0.3, -0.25) is 9.59 Å². The summed E-state index contributed by atoms with van der Waals surface area (Å²) in [5.41, 5.74) is -0.0511. The molecule has 27 heavy (non-hydrogen) atoms. The van der Waals surface area contributed by atoms with E-state index >= 15 is 0 Å². The number of carbonyl (C=O) groups is 2. The van der Waals surface area contributed by atoms with Crippen LogP contribution in [0, 0.1) is 28.6 Å². The van der Waals surface area contributed by atoms with Gasteiger partial charge in [0, 0.05) is 17.4 Å². The third-order valence-electron chi connectivity index (χ3n) is 7.95. The quantitative estimate of drug-likeness (QED) is 0.716. The van der Waals surface area contributed by atoms with Gasteiger partial charge in [0.1, 0.15) is 22.7 Å². The van der Waals surface area contributed by atoms with E-state index in [1.165, 1.54) is 12.8 Å². The number of allylic oxidation sites excluding steroid dienone is 3. The van der Waals surface area contributed by atoms with Gasteiger partial charge in [0.05, 0.1) is 5.41 Å². The zero-order valence-electron chi connectivity index (χ0n) is 17.4. The van der Waals surface area contributed by atoms with Crippen LogP contribution in [0.3, 0.4) is 0 Å². The van der Waals surface area contributed by atoms with Crippen LogP contribution < -0.4 is 0 Å². The molecule has 0 saturated heterocycles. The summed E-state index contributed by atoms with van der Waals surface area (Å²) in [6.45, 7) is 11.8. The number of rotatable bonds is 3. The van der Waals surface area contributed by atoms with Crippen LogP contribution in [0.5, 0.6) is 0 Å². The lowest BCUT2D eigenvalue weighted by molar-refractivity contribution is -0.131. The largest absolute Gasteiger partial charge is 0.507 e. The SMILES string of the molecule is CC(C)C(=O)C1=C(O)C2=C(O[C@]3(CC2)CC[C@]2(C(C)C)C[C@H]32)C(C)(C)C1=O. The van der Waals surface area contributed by atoms with Gasteiger partial charge in [-0.05, 0) is 57.3 Å². The van der Waals surface area contributed by atoms with Crippen molar-refractivity contribution in [2.24, 2.45) is 28.6 Å². The minimum atomic E-state index is -0.910. The average molecular weight is 373 g/mol. The fourth-order valence-electron chi connectivity index (χ4n) is 5.96. The molecule has 0 amide bonds. The summed E-state index contributed by atoms with van der Waals surface area (Å²) in [5.74, 6) is 0.764. The molecular weight excluding hydrogens is 340 g/mol. The number of carbonyl (C=O) groups excluding carboxylic acids is 2. The highest BCUT2D eigenvalue weighted by Gasteiger charge is 2.71. The molecule has 1 N–H and O–H groups in total. The lowest BCUT2D eigenvalue weighted by Crippen LogP contribution is -2.45. The van der Waals surface area contributed by atoms with Gasteiger partial charge in [0.2, 0.25) is 0 Å². The average Bonchev–Trinajstić information content (AvgIpc) is 3.29. The van der Waals surface area contributed by atoms with Gasteiger partial charge in [0.15, 0.2) is 11.6 Å². The summed E-state index contributed by atoms with van der Waals surface area (Å²) in [6.07, 6.45) is 4.96. The Morgan fingerprint density at radius 3 is 2.33 bits per heavy atom. The molecule has 148 valence electrons. The van der Waals surface area contributed by atoms with E-state index in [2.05, 4.69) is 13.8 Å². The molecule has 1 aliphatic heterocycles. The predicted molar refractivity (Wildman–Crippen MR) is 103 cm³/mol. The van der Waals surface area contributed by atoms with E-state index < -0.39 is 5.41 Å². The molecule has 0 aromatic heterocycles. The molecule has 1 heterocycles. The van der Waals surface area contributed by atoms with Crippen molar-refractivity contribution in [1.29, 1.82) is 0 Å². The summed E-state index contributed by atoms with van der Waals surface area (Å²) in [4.78, 5) is 25.8. The van der Waals surface area contributed by atoms with Crippen LogP contribution in [0.25, 0.3) is 0 Å². The van der Waals surface area contributed by atoms with Gasteiger partial charge in [0.25, 0.3) is 0 Å². The van der Waals surface area contributed by atoms with E-state index in [0.717, 1.165) is 12.8 Å². The number of fused-ring (bicyclic) bond motifs is 2. The second-order valence-electron chi connectivity index (χ2n) is 10.3. The highest BCUT2D eigenvalue weighted by molar-refractivity contribution is 6.24. The first kappa shape index (κ1) is 18.8. The first-order chi connectivity index (χ1) is 12.5. The highest BCUT2D eigenvalue weighted by atomic mass is 16.5. The number of hydrogen-bond donors (Lipinski definition) is 1. The van der Waals surface area contributed by atoms with Crippen molar-refractivity contribution in [1.82, 2.24) is 0 Å². The maximum Gasteiger partial charge on any atom is 0.183 e. The molecule has 0 radical (unpaired) electrons. The Morgan fingerprint density at radius 1 is 1.15 bits per heavy atom. The molecule has 0 aromatic rings. The third-order valence-corrected chi connectivity index (χ3v) is 7.95. The van der Waals surface area contributed by atoms with Crippen LogP contribution in [0.1, 0.15) is 73.6 Å². The van der Waals surface area contributed by atoms with Gasteiger partial charge in [-0.1, -0.05) is 27.7 Å². The number of ketones is 2. The standard InChI is InChI=1S/C23H32O4/c1-12(2)17(24)16-18(25)14-7-8-23(27-20(14)21(5,6)19(16)26)10-9-22(13(3)4)11-15(22)23/h12-13,15,25H,7-11H2,1-6H3/t15-,22+,23+/m0/s1. The molecule has 3 aliphatic carbocycles. The van der Waals surface area contributed by atoms with Gasteiger partial charge in [-0.15, -0.1) is 0 Å². The number of aliphatic hydroxyl groups is 1. The Kier molecular flexibility index (Phi) is 3.81. The molecule has 4 aliphatic rings. The van der Waals surface area contributed by atoms with Crippen molar-refractivity contribution < 1.29 is 19.4 Å². The molecule has 2 fully saturated rings. The van der Waals surface area contributed by atoms with Crippen LogP contribution in [0.4, 0.5) is 0 Å². The van der Waals surface area contributed by atoms with E-state index in [1.54, 1.807) is 13.8 Å². The van der Waals surface area contributed by atoms with Crippen molar-refractivity contribution >= 4 is 11.6 Å². The predicted octanol–water partition coefficient (Wildman–Crippen LogP) is 4.89. The fraction of sp³-hybridized carbons (Fsp3) is 0.739. The molecule has 3 atom stereocenters. The van der Waals surface area contributed by atoms with Crippen molar-refractivity contribution in [3.05, 3.63) is 22.7 Å². The number of hydrogen-bond acceptors (Lipinski definition) is 4. The van der Waals surface area contributed by atoms with Crippen LogP contribution in [-0.4, -0.2) is 22.3 Å². The second-order valence-corrected chi connectivity index (χ2v) is 10.3. The molecule has 1 spiro atoms. The molecule has 4 rings (SSSR count). The Balaban J connectivity index is 1.75. The minimum Gasteiger partial charge on any atom is -0.507 e. The Labute approximate surface area is 162 Å². The molecule has 4 nitrogen and oxygen atoms in total. The first-order valence-electron chi connectivity index (χ1n) is 10.4. The Morgan fingerprint density at radius 2 is 1.81 bits per heavy atom. The maximum absolute atomic E-state index is 13.2. The molecule has 0 bridgehead atoms.